The van der Waals surface area contributed by atoms with E-state index < -0.39 is 0 Å². The van der Waals surface area contributed by atoms with Gasteiger partial charge in [0.05, 0.1) is 19.6 Å². The maximum atomic E-state index is 8.60. The Morgan fingerprint density at radius 1 is 1.56 bits per heavy atom. The summed E-state index contributed by atoms with van der Waals surface area (Å²) >= 11 is 0. The first kappa shape index (κ1) is 10.6. The first-order chi connectivity index (χ1) is 7.76. The van der Waals surface area contributed by atoms with Gasteiger partial charge in [0.2, 0.25) is 12.5 Å². The van der Waals surface area contributed by atoms with Crippen molar-refractivity contribution in [2.24, 2.45) is 5.73 Å². The van der Waals surface area contributed by atoms with Gasteiger partial charge in [-0.25, -0.2) is 0 Å². The zero-order valence-electron chi connectivity index (χ0n) is 8.90. The molecule has 0 unspecified atom stereocenters. The van der Waals surface area contributed by atoms with E-state index in [2.05, 4.69) is 0 Å². The number of fused-ring (bicyclic) bond motifs is 1. The highest BCUT2D eigenvalue weighted by molar-refractivity contribution is 5.55. The maximum absolute atomic E-state index is 8.60. The van der Waals surface area contributed by atoms with Crippen LogP contribution >= 0.6 is 0 Å². The third-order valence-corrected chi connectivity index (χ3v) is 2.42. The number of hydrogen-bond acceptors (Lipinski definition) is 5. The minimum absolute atomic E-state index is 0.183. The number of rotatable bonds is 3. The molecule has 2 N–H and O–H groups in total. The van der Waals surface area contributed by atoms with E-state index in [9.17, 15) is 0 Å². The molecule has 84 valence electrons. The van der Waals surface area contributed by atoms with Crippen LogP contribution in [0.3, 0.4) is 0 Å². The van der Waals surface area contributed by atoms with Crippen molar-refractivity contribution in [3.05, 3.63) is 17.7 Å². The molecular weight excluding hydrogens is 208 g/mol. The Morgan fingerprint density at radius 3 is 3.06 bits per heavy atom. The van der Waals surface area contributed by atoms with E-state index in [-0.39, 0.29) is 19.3 Å². The van der Waals surface area contributed by atoms with Crippen molar-refractivity contribution in [3.63, 3.8) is 0 Å². The van der Waals surface area contributed by atoms with Gasteiger partial charge in [-0.3, -0.25) is 0 Å². The smallest absolute Gasteiger partial charge is 0.231 e. The van der Waals surface area contributed by atoms with Crippen LogP contribution in [0, 0.1) is 11.3 Å². The van der Waals surface area contributed by atoms with Crippen LogP contribution < -0.4 is 19.9 Å². The van der Waals surface area contributed by atoms with E-state index in [4.69, 9.17) is 25.2 Å². The summed E-state index contributed by atoms with van der Waals surface area (Å²) in [5.41, 5.74) is 6.66. The Morgan fingerprint density at radius 2 is 2.38 bits per heavy atom. The fraction of sp³-hybridized carbons (Fsp3) is 0.364. The van der Waals surface area contributed by atoms with Crippen molar-refractivity contribution >= 4 is 0 Å². The monoisotopic (exact) mass is 220 g/mol. The Bertz CT molecular complexity index is 440. The third-order valence-electron chi connectivity index (χ3n) is 2.42. The molecule has 1 aromatic carbocycles. The molecule has 0 amide bonds. The molecule has 5 nitrogen and oxygen atoms in total. The van der Waals surface area contributed by atoms with Gasteiger partial charge < -0.3 is 19.9 Å². The molecule has 1 aliphatic heterocycles. The second-order valence-electron chi connectivity index (χ2n) is 3.43. The highest BCUT2D eigenvalue weighted by Gasteiger charge is 2.21. The lowest BCUT2D eigenvalue weighted by molar-refractivity contribution is 0.171. The Hall–Kier alpha value is -1.93. The molecule has 0 bridgehead atoms. The number of ether oxygens (including phenoxy) is 3. The van der Waals surface area contributed by atoms with Crippen molar-refractivity contribution in [1.29, 1.82) is 5.26 Å². The quantitative estimate of drug-likeness (QED) is 0.831. The topological polar surface area (TPSA) is 77.5 Å². The molecule has 0 saturated heterocycles. The maximum Gasteiger partial charge on any atom is 0.231 e. The molecule has 1 atom stereocenters. The second kappa shape index (κ2) is 4.29. The van der Waals surface area contributed by atoms with Gasteiger partial charge in [-0.2, -0.15) is 5.26 Å². The lowest BCUT2D eigenvalue weighted by Gasteiger charge is -2.11. The fourth-order valence-electron chi connectivity index (χ4n) is 1.58. The summed E-state index contributed by atoms with van der Waals surface area (Å²) in [5.74, 6) is 1.79. The first-order valence-corrected chi connectivity index (χ1v) is 4.86. The van der Waals surface area contributed by atoms with Crippen LogP contribution in [-0.2, 0) is 0 Å². The molecule has 0 saturated carbocycles. The SMILES string of the molecule is COc1cc([C@H](N)CC#N)cc2c1OCO2. The first-order valence-electron chi connectivity index (χ1n) is 4.86. The molecule has 1 aromatic rings. The van der Waals surface area contributed by atoms with Crippen LogP contribution in [-0.4, -0.2) is 13.9 Å². The Balaban J connectivity index is 2.38. The van der Waals surface area contributed by atoms with Gasteiger partial charge in [0.15, 0.2) is 11.5 Å². The minimum Gasteiger partial charge on any atom is -0.493 e. The van der Waals surface area contributed by atoms with Crippen molar-refractivity contribution < 1.29 is 14.2 Å². The number of nitrogens with zero attached hydrogens (tertiary/aromatic N) is 1. The number of methoxy groups -OCH3 is 1. The van der Waals surface area contributed by atoms with E-state index in [0.717, 1.165) is 5.56 Å². The summed E-state index contributed by atoms with van der Waals surface area (Å²) in [7, 11) is 1.55. The molecular formula is C11H12N2O3. The summed E-state index contributed by atoms with van der Waals surface area (Å²) < 4.78 is 15.7. The van der Waals surface area contributed by atoms with Crippen molar-refractivity contribution in [2.75, 3.05) is 13.9 Å². The molecule has 0 aromatic heterocycles. The third kappa shape index (κ3) is 1.75. The van der Waals surface area contributed by atoms with Crippen LogP contribution in [0.4, 0.5) is 0 Å². The van der Waals surface area contributed by atoms with E-state index in [0.29, 0.717) is 17.2 Å². The van der Waals surface area contributed by atoms with Crippen LogP contribution in [0.25, 0.3) is 0 Å². The molecule has 2 rings (SSSR count). The van der Waals surface area contributed by atoms with Gasteiger partial charge in [0.1, 0.15) is 0 Å². The fourth-order valence-corrected chi connectivity index (χ4v) is 1.58. The predicted octanol–water partition coefficient (Wildman–Crippen LogP) is 1.34. The van der Waals surface area contributed by atoms with Crippen LogP contribution in [0.15, 0.2) is 12.1 Å². The normalized spacial score (nSPS) is 14.3. The molecule has 0 fully saturated rings. The van der Waals surface area contributed by atoms with Crippen molar-refractivity contribution in [1.82, 2.24) is 0 Å². The Kier molecular flexibility index (Phi) is 2.84. The zero-order valence-corrected chi connectivity index (χ0v) is 8.90. The number of hydrogen-bond donors (Lipinski definition) is 1. The van der Waals surface area contributed by atoms with Crippen LogP contribution in [0.5, 0.6) is 17.2 Å². The summed E-state index contributed by atoms with van der Waals surface area (Å²) in [6, 6.07) is 5.25. The summed E-state index contributed by atoms with van der Waals surface area (Å²) in [5, 5.41) is 8.60. The van der Waals surface area contributed by atoms with E-state index in [1.54, 1.807) is 19.2 Å². The van der Waals surface area contributed by atoms with Gasteiger partial charge >= 0.3 is 0 Å². The molecule has 1 heterocycles. The van der Waals surface area contributed by atoms with Gasteiger partial charge in [-0.15, -0.1) is 0 Å². The van der Waals surface area contributed by atoms with E-state index in [1.165, 1.54) is 0 Å². The molecule has 0 spiro atoms. The summed E-state index contributed by atoms with van der Waals surface area (Å²) in [4.78, 5) is 0. The second-order valence-corrected chi connectivity index (χ2v) is 3.43. The Labute approximate surface area is 93.3 Å². The van der Waals surface area contributed by atoms with Crippen molar-refractivity contribution in [2.45, 2.75) is 12.5 Å². The molecule has 5 heteroatoms. The summed E-state index contributed by atoms with van der Waals surface area (Å²) in [6.07, 6.45) is 0.253. The molecule has 16 heavy (non-hydrogen) atoms. The lowest BCUT2D eigenvalue weighted by Crippen LogP contribution is -2.09. The standard InChI is InChI=1S/C11H12N2O3/c1-14-9-4-7(8(13)2-3-12)5-10-11(9)16-6-15-10/h4-5,8H,2,6,13H2,1H3/t8-/m1/s1. The van der Waals surface area contributed by atoms with E-state index >= 15 is 0 Å². The molecule has 0 radical (unpaired) electrons. The van der Waals surface area contributed by atoms with Gasteiger partial charge in [-0.1, -0.05) is 0 Å². The molecule has 0 aliphatic carbocycles. The van der Waals surface area contributed by atoms with Crippen molar-refractivity contribution in [3.8, 4) is 23.3 Å². The minimum atomic E-state index is -0.339. The average Bonchev–Trinajstić information content (AvgIpc) is 2.75. The highest BCUT2D eigenvalue weighted by atomic mass is 16.7. The van der Waals surface area contributed by atoms with Crippen LogP contribution in [0.2, 0.25) is 0 Å². The largest absolute Gasteiger partial charge is 0.493 e. The van der Waals surface area contributed by atoms with Gasteiger partial charge in [0, 0.05) is 6.04 Å². The van der Waals surface area contributed by atoms with Crippen LogP contribution in [0.1, 0.15) is 18.0 Å². The summed E-state index contributed by atoms with van der Waals surface area (Å²) in [6.45, 7) is 0.183. The predicted molar refractivity (Wildman–Crippen MR) is 56.3 cm³/mol. The zero-order chi connectivity index (χ0) is 11.5. The van der Waals surface area contributed by atoms with E-state index in [1.807, 2.05) is 6.07 Å². The lowest BCUT2D eigenvalue weighted by atomic mass is 10.0. The average molecular weight is 220 g/mol. The number of nitrogens with two attached hydrogens (primary N) is 1. The highest BCUT2D eigenvalue weighted by Crippen LogP contribution is 2.42. The van der Waals surface area contributed by atoms with Gasteiger partial charge in [0.25, 0.3) is 0 Å². The van der Waals surface area contributed by atoms with Gasteiger partial charge in [-0.05, 0) is 17.7 Å². The number of benzene rings is 1. The molecule has 1 aliphatic rings. The number of nitriles is 1.